The van der Waals surface area contributed by atoms with Gasteiger partial charge < -0.3 is 0 Å². The Hall–Kier alpha value is -1.51. The Morgan fingerprint density at radius 3 is 2.50 bits per heavy atom. The maximum atomic E-state index is 11.8. The summed E-state index contributed by atoms with van der Waals surface area (Å²) in [6, 6.07) is 8.42. The number of carbonyl (C=O) groups excluding carboxylic acids is 1. The molecule has 2 aliphatic heterocycles. The van der Waals surface area contributed by atoms with Crippen molar-refractivity contribution >= 4 is 11.6 Å². The predicted octanol–water partition coefficient (Wildman–Crippen LogP) is 1.98. The molecule has 16 heavy (non-hydrogen) atoms. The third-order valence-corrected chi connectivity index (χ3v) is 3.43. The highest BCUT2D eigenvalue weighted by Crippen LogP contribution is 2.29. The van der Waals surface area contributed by atoms with Crippen LogP contribution in [-0.2, 0) is 11.2 Å². The van der Waals surface area contributed by atoms with Gasteiger partial charge >= 0.3 is 0 Å². The van der Waals surface area contributed by atoms with Crippen molar-refractivity contribution in [3.63, 3.8) is 0 Å². The van der Waals surface area contributed by atoms with Crippen LogP contribution in [0.4, 0.5) is 5.69 Å². The molecular weight excluding hydrogens is 200 g/mol. The fourth-order valence-electron chi connectivity index (χ4n) is 2.65. The van der Waals surface area contributed by atoms with Crippen molar-refractivity contribution in [2.24, 2.45) is 0 Å². The smallest absolute Gasteiger partial charge is 0.241 e. The molecule has 0 N–H and O–H groups in total. The van der Waals surface area contributed by atoms with E-state index in [0.717, 1.165) is 32.4 Å². The molecule has 1 amide bonds. The van der Waals surface area contributed by atoms with Crippen molar-refractivity contribution in [3.05, 3.63) is 29.8 Å². The monoisotopic (exact) mass is 216 g/mol. The quantitative estimate of drug-likeness (QED) is 0.716. The lowest BCUT2D eigenvalue weighted by Gasteiger charge is -2.37. The summed E-state index contributed by atoms with van der Waals surface area (Å²) < 4.78 is 0. The molecule has 3 rings (SSSR count). The van der Waals surface area contributed by atoms with Gasteiger partial charge in [-0.1, -0.05) is 18.2 Å². The third kappa shape index (κ3) is 1.47. The first kappa shape index (κ1) is 9.70. The average Bonchev–Trinajstić information content (AvgIpc) is 2.75. The molecular formula is C13H16N2O. The lowest BCUT2D eigenvalue weighted by molar-refractivity contribution is -0.128. The molecule has 0 bridgehead atoms. The minimum Gasteiger partial charge on any atom is -0.283 e. The maximum absolute atomic E-state index is 11.8. The largest absolute Gasteiger partial charge is 0.283 e. The standard InChI is InChI=1S/C13H16N2O/c16-13-8-4-10-15(13)14-9-3-6-11-5-1-2-7-12(11)14/h1-2,5,7H,3-4,6,8-10H2. The number of nitrogens with zero attached hydrogens (tertiary/aromatic N) is 2. The van der Waals surface area contributed by atoms with Crippen molar-refractivity contribution in [1.82, 2.24) is 5.01 Å². The fraction of sp³-hybridized carbons (Fsp3) is 0.462. The van der Waals surface area contributed by atoms with Crippen LogP contribution in [0.25, 0.3) is 0 Å². The number of rotatable bonds is 1. The SMILES string of the molecule is O=C1CCCN1N1CCCc2ccccc21. The molecule has 0 unspecified atom stereocenters. The number of hydrogen-bond acceptors (Lipinski definition) is 2. The van der Waals surface area contributed by atoms with Gasteiger partial charge in [-0.05, 0) is 30.9 Å². The first-order valence-corrected chi connectivity index (χ1v) is 6.02. The van der Waals surface area contributed by atoms with Crippen LogP contribution in [-0.4, -0.2) is 24.0 Å². The highest BCUT2D eigenvalue weighted by Gasteiger charge is 2.29. The molecule has 1 fully saturated rings. The maximum Gasteiger partial charge on any atom is 0.241 e. The molecule has 0 saturated carbocycles. The Kier molecular flexibility index (Phi) is 2.31. The summed E-state index contributed by atoms with van der Waals surface area (Å²) in [5.41, 5.74) is 2.59. The normalized spacial score (nSPS) is 20.1. The third-order valence-electron chi connectivity index (χ3n) is 3.43. The summed E-state index contributed by atoms with van der Waals surface area (Å²) in [7, 11) is 0. The van der Waals surface area contributed by atoms with Crippen LogP contribution >= 0.6 is 0 Å². The predicted molar refractivity (Wildman–Crippen MR) is 63.1 cm³/mol. The number of hydrazine groups is 1. The number of para-hydroxylation sites is 1. The number of anilines is 1. The van der Waals surface area contributed by atoms with Gasteiger partial charge in [0.1, 0.15) is 0 Å². The van der Waals surface area contributed by atoms with Gasteiger partial charge in [0.15, 0.2) is 0 Å². The van der Waals surface area contributed by atoms with Crippen molar-refractivity contribution in [2.45, 2.75) is 25.7 Å². The first-order valence-electron chi connectivity index (χ1n) is 6.02. The number of benzene rings is 1. The molecule has 1 aromatic carbocycles. The van der Waals surface area contributed by atoms with E-state index in [-0.39, 0.29) is 5.91 Å². The number of carbonyl (C=O) groups is 1. The van der Waals surface area contributed by atoms with E-state index in [1.54, 1.807) is 0 Å². The molecule has 0 atom stereocenters. The molecule has 1 saturated heterocycles. The molecule has 2 heterocycles. The fourth-order valence-corrected chi connectivity index (χ4v) is 2.65. The molecule has 0 aromatic heterocycles. The summed E-state index contributed by atoms with van der Waals surface area (Å²) in [6.45, 7) is 1.86. The Balaban J connectivity index is 1.95. The highest BCUT2D eigenvalue weighted by molar-refractivity contribution is 5.80. The summed E-state index contributed by atoms with van der Waals surface area (Å²) in [6.07, 6.45) is 3.98. The summed E-state index contributed by atoms with van der Waals surface area (Å²) in [5.74, 6) is 0.275. The van der Waals surface area contributed by atoms with E-state index in [9.17, 15) is 4.79 Å². The van der Waals surface area contributed by atoms with E-state index in [4.69, 9.17) is 0 Å². The van der Waals surface area contributed by atoms with Gasteiger partial charge in [-0.25, -0.2) is 0 Å². The van der Waals surface area contributed by atoms with Crippen LogP contribution in [0.1, 0.15) is 24.8 Å². The molecule has 0 aliphatic carbocycles. The summed E-state index contributed by atoms with van der Waals surface area (Å²) in [5, 5.41) is 4.10. The topological polar surface area (TPSA) is 23.6 Å². The number of hydrogen-bond donors (Lipinski definition) is 0. The minimum atomic E-state index is 0.275. The van der Waals surface area contributed by atoms with E-state index in [1.807, 2.05) is 5.01 Å². The number of aryl methyl sites for hydroxylation is 1. The van der Waals surface area contributed by atoms with Gasteiger partial charge in [-0.2, -0.15) is 0 Å². The van der Waals surface area contributed by atoms with E-state index in [2.05, 4.69) is 29.3 Å². The van der Waals surface area contributed by atoms with Crippen LogP contribution in [0.5, 0.6) is 0 Å². The molecule has 0 radical (unpaired) electrons. The van der Waals surface area contributed by atoms with E-state index in [0.29, 0.717) is 6.42 Å². The Morgan fingerprint density at radius 1 is 0.938 bits per heavy atom. The molecule has 3 nitrogen and oxygen atoms in total. The molecule has 2 aliphatic rings. The van der Waals surface area contributed by atoms with Crippen LogP contribution < -0.4 is 5.01 Å². The number of fused-ring (bicyclic) bond motifs is 1. The van der Waals surface area contributed by atoms with E-state index < -0.39 is 0 Å². The Bertz CT molecular complexity index is 416. The van der Waals surface area contributed by atoms with Gasteiger partial charge in [-0.3, -0.25) is 14.8 Å². The second kappa shape index (κ2) is 3.81. The zero-order valence-corrected chi connectivity index (χ0v) is 9.35. The summed E-state index contributed by atoms with van der Waals surface area (Å²) >= 11 is 0. The van der Waals surface area contributed by atoms with Crippen LogP contribution in [0.2, 0.25) is 0 Å². The van der Waals surface area contributed by atoms with Gasteiger partial charge in [-0.15, -0.1) is 0 Å². The van der Waals surface area contributed by atoms with Crippen molar-refractivity contribution in [2.75, 3.05) is 18.1 Å². The van der Waals surface area contributed by atoms with Gasteiger partial charge in [0.2, 0.25) is 5.91 Å². The number of amides is 1. The first-order chi connectivity index (χ1) is 7.86. The molecule has 3 heteroatoms. The van der Waals surface area contributed by atoms with Crippen LogP contribution in [0.15, 0.2) is 24.3 Å². The average molecular weight is 216 g/mol. The second-order valence-electron chi connectivity index (χ2n) is 4.48. The van der Waals surface area contributed by atoms with Gasteiger partial charge in [0, 0.05) is 19.5 Å². The van der Waals surface area contributed by atoms with Crippen molar-refractivity contribution in [3.8, 4) is 0 Å². The molecule has 1 aromatic rings. The lowest BCUT2D eigenvalue weighted by Crippen LogP contribution is -2.46. The Labute approximate surface area is 95.6 Å². The van der Waals surface area contributed by atoms with Crippen molar-refractivity contribution < 1.29 is 4.79 Å². The van der Waals surface area contributed by atoms with E-state index >= 15 is 0 Å². The minimum absolute atomic E-state index is 0.275. The second-order valence-corrected chi connectivity index (χ2v) is 4.48. The zero-order chi connectivity index (χ0) is 11.0. The lowest BCUT2D eigenvalue weighted by atomic mass is 10.0. The highest BCUT2D eigenvalue weighted by atomic mass is 16.2. The van der Waals surface area contributed by atoms with Gasteiger partial charge in [0.25, 0.3) is 0 Å². The van der Waals surface area contributed by atoms with Gasteiger partial charge in [0.05, 0.1) is 5.69 Å². The van der Waals surface area contributed by atoms with E-state index in [1.165, 1.54) is 11.3 Å². The van der Waals surface area contributed by atoms with Crippen LogP contribution in [0, 0.1) is 0 Å². The van der Waals surface area contributed by atoms with Crippen molar-refractivity contribution in [1.29, 1.82) is 0 Å². The molecule has 0 spiro atoms. The Morgan fingerprint density at radius 2 is 1.69 bits per heavy atom. The molecule has 84 valence electrons. The summed E-state index contributed by atoms with van der Waals surface area (Å²) in [4.78, 5) is 11.8. The zero-order valence-electron chi connectivity index (χ0n) is 9.35. The van der Waals surface area contributed by atoms with Crippen LogP contribution in [0.3, 0.4) is 0 Å².